The topological polar surface area (TPSA) is 94.2 Å². The molecule has 0 aliphatic carbocycles. The number of hydrogen-bond donors (Lipinski definition) is 1. The smallest absolute Gasteiger partial charge is 0.334 e. The molecule has 0 unspecified atom stereocenters. The monoisotopic (exact) mass is 315 g/mol. The maximum Gasteiger partial charge on any atom is 0.334 e. The van der Waals surface area contributed by atoms with Crippen molar-refractivity contribution in [1.82, 2.24) is 9.88 Å². The average molecular weight is 315 g/mol. The van der Waals surface area contributed by atoms with Crippen LogP contribution in [0.25, 0.3) is 0 Å². The van der Waals surface area contributed by atoms with Crippen molar-refractivity contribution in [3.05, 3.63) is 74.2 Å². The molecule has 0 bridgehead atoms. The quantitative estimate of drug-likeness (QED) is 0.644. The highest BCUT2D eigenvalue weighted by Crippen LogP contribution is 2.05. The summed E-state index contributed by atoms with van der Waals surface area (Å²) in [6, 6.07) is 12.3. The van der Waals surface area contributed by atoms with Crippen molar-refractivity contribution in [2.24, 2.45) is 0 Å². The third-order valence-corrected chi connectivity index (χ3v) is 3.45. The van der Waals surface area contributed by atoms with Crippen LogP contribution in [0.2, 0.25) is 0 Å². The summed E-state index contributed by atoms with van der Waals surface area (Å²) in [4.78, 5) is 34.0. The minimum atomic E-state index is -0.770. The van der Waals surface area contributed by atoms with Crippen molar-refractivity contribution >= 4 is 11.6 Å². The molecule has 0 saturated heterocycles. The SMILES string of the molecule is Cc1ccc([N+](=O)[O-])c(=O)n1CC(=O)NCCc1ccccc1. The number of amides is 1. The molecule has 0 saturated carbocycles. The number of carbonyl (C=O) groups excluding carboxylic acids is 1. The molecule has 0 radical (unpaired) electrons. The lowest BCUT2D eigenvalue weighted by Gasteiger charge is -2.10. The number of benzene rings is 1. The van der Waals surface area contributed by atoms with Crippen LogP contribution in [0.5, 0.6) is 0 Å². The summed E-state index contributed by atoms with van der Waals surface area (Å²) in [7, 11) is 0. The van der Waals surface area contributed by atoms with Crippen LogP contribution in [0.15, 0.2) is 47.3 Å². The molecule has 7 heteroatoms. The minimum Gasteiger partial charge on any atom is -0.354 e. The molecule has 0 aliphatic rings. The molecule has 0 atom stereocenters. The van der Waals surface area contributed by atoms with Crippen LogP contribution in [0, 0.1) is 17.0 Å². The largest absolute Gasteiger partial charge is 0.354 e. The van der Waals surface area contributed by atoms with E-state index in [1.54, 1.807) is 6.92 Å². The van der Waals surface area contributed by atoms with E-state index in [0.29, 0.717) is 18.7 Å². The zero-order valence-electron chi connectivity index (χ0n) is 12.7. The zero-order valence-corrected chi connectivity index (χ0v) is 12.7. The summed E-state index contributed by atoms with van der Waals surface area (Å²) in [6.07, 6.45) is 0.676. The van der Waals surface area contributed by atoms with Gasteiger partial charge in [-0.1, -0.05) is 30.3 Å². The van der Waals surface area contributed by atoms with Gasteiger partial charge in [0.2, 0.25) is 5.91 Å². The molecule has 0 aliphatic heterocycles. The van der Waals surface area contributed by atoms with Crippen LogP contribution in [-0.2, 0) is 17.8 Å². The van der Waals surface area contributed by atoms with E-state index in [4.69, 9.17) is 0 Å². The highest BCUT2D eigenvalue weighted by Gasteiger charge is 2.17. The lowest BCUT2D eigenvalue weighted by atomic mass is 10.1. The fourth-order valence-corrected chi connectivity index (χ4v) is 2.19. The van der Waals surface area contributed by atoms with Crippen LogP contribution in [0.4, 0.5) is 5.69 Å². The Bertz CT molecular complexity index is 769. The summed E-state index contributed by atoms with van der Waals surface area (Å²) >= 11 is 0. The molecule has 1 aromatic heterocycles. The highest BCUT2D eigenvalue weighted by molar-refractivity contribution is 5.75. The third-order valence-electron chi connectivity index (χ3n) is 3.45. The van der Waals surface area contributed by atoms with Gasteiger partial charge < -0.3 is 5.32 Å². The Kier molecular flexibility index (Phi) is 5.24. The van der Waals surface area contributed by atoms with Gasteiger partial charge in [-0.05, 0) is 25.0 Å². The molecule has 7 nitrogen and oxygen atoms in total. The van der Waals surface area contributed by atoms with E-state index in [2.05, 4.69) is 5.32 Å². The molecule has 1 N–H and O–H groups in total. The van der Waals surface area contributed by atoms with Crippen molar-refractivity contribution in [2.45, 2.75) is 19.9 Å². The molecule has 0 fully saturated rings. The van der Waals surface area contributed by atoms with Crippen LogP contribution in [0.3, 0.4) is 0 Å². The first-order valence-electron chi connectivity index (χ1n) is 7.14. The molecular weight excluding hydrogens is 298 g/mol. The number of hydrogen-bond acceptors (Lipinski definition) is 4. The van der Waals surface area contributed by atoms with Crippen molar-refractivity contribution in [1.29, 1.82) is 0 Å². The Labute approximate surface area is 132 Å². The fraction of sp³-hybridized carbons (Fsp3) is 0.250. The second kappa shape index (κ2) is 7.35. The maximum atomic E-state index is 12.0. The summed E-state index contributed by atoms with van der Waals surface area (Å²) in [5.41, 5.74) is 0.288. The van der Waals surface area contributed by atoms with Gasteiger partial charge in [0, 0.05) is 18.3 Å². The molecular formula is C16H17N3O4. The summed E-state index contributed by atoms with van der Waals surface area (Å²) < 4.78 is 1.11. The molecule has 23 heavy (non-hydrogen) atoms. The molecule has 1 aromatic carbocycles. The van der Waals surface area contributed by atoms with Crippen LogP contribution in [-0.4, -0.2) is 21.9 Å². The number of nitrogens with zero attached hydrogens (tertiary/aromatic N) is 2. The van der Waals surface area contributed by atoms with E-state index in [9.17, 15) is 19.7 Å². The maximum absolute atomic E-state index is 12.0. The first-order valence-corrected chi connectivity index (χ1v) is 7.14. The number of aryl methyl sites for hydroxylation is 1. The predicted octanol–water partition coefficient (Wildman–Crippen LogP) is 1.42. The van der Waals surface area contributed by atoms with E-state index in [1.807, 2.05) is 30.3 Å². The standard InChI is InChI=1S/C16H17N3O4/c1-12-7-8-14(19(22)23)16(21)18(12)11-15(20)17-10-9-13-5-3-2-4-6-13/h2-8H,9-11H2,1H3,(H,17,20). The number of nitro groups is 1. The molecule has 2 rings (SSSR count). The Morgan fingerprint density at radius 3 is 2.57 bits per heavy atom. The van der Waals surface area contributed by atoms with Crippen molar-refractivity contribution in [3.8, 4) is 0 Å². The molecule has 0 spiro atoms. The van der Waals surface area contributed by atoms with Crippen molar-refractivity contribution in [3.63, 3.8) is 0 Å². The number of aromatic nitrogens is 1. The Morgan fingerprint density at radius 1 is 1.22 bits per heavy atom. The first kappa shape index (κ1) is 16.4. The summed E-state index contributed by atoms with van der Waals surface area (Å²) in [5.74, 6) is -0.355. The van der Waals surface area contributed by atoms with Gasteiger partial charge in [0.1, 0.15) is 6.54 Å². The number of carbonyl (C=O) groups is 1. The van der Waals surface area contributed by atoms with Crippen LogP contribution >= 0.6 is 0 Å². The van der Waals surface area contributed by atoms with E-state index in [-0.39, 0.29) is 12.5 Å². The van der Waals surface area contributed by atoms with E-state index in [0.717, 1.165) is 16.2 Å². The lowest BCUT2D eigenvalue weighted by Crippen LogP contribution is -2.34. The number of nitrogens with one attached hydrogen (secondary N) is 1. The molecule has 1 heterocycles. The van der Waals surface area contributed by atoms with Gasteiger partial charge >= 0.3 is 11.2 Å². The first-order chi connectivity index (χ1) is 11.0. The summed E-state index contributed by atoms with van der Waals surface area (Å²) in [5, 5.41) is 13.5. The summed E-state index contributed by atoms with van der Waals surface area (Å²) in [6.45, 7) is 1.83. The predicted molar refractivity (Wildman–Crippen MR) is 85.2 cm³/mol. The molecule has 2 aromatic rings. The fourth-order valence-electron chi connectivity index (χ4n) is 2.19. The number of rotatable bonds is 6. The highest BCUT2D eigenvalue weighted by atomic mass is 16.6. The lowest BCUT2D eigenvalue weighted by molar-refractivity contribution is -0.386. The number of pyridine rings is 1. The van der Waals surface area contributed by atoms with Crippen LogP contribution < -0.4 is 10.9 Å². The van der Waals surface area contributed by atoms with Gasteiger partial charge in [-0.15, -0.1) is 0 Å². The minimum absolute atomic E-state index is 0.235. The normalized spacial score (nSPS) is 10.3. The Balaban J connectivity index is 1.99. The zero-order chi connectivity index (χ0) is 16.8. The van der Waals surface area contributed by atoms with Crippen molar-refractivity contribution in [2.75, 3.05) is 6.54 Å². The van der Waals surface area contributed by atoms with Crippen LogP contribution in [0.1, 0.15) is 11.3 Å². The second-order valence-electron chi connectivity index (χ2n) is 5.09. The van der Waals surface area contributed by atoms with Gasteiger partial charge in [0.05, 0.1) is 4.92 Å². The average Bonchev–Trinajstić information content (AvgIpc) is 2.52. The van der Waals surface area contributed by atoms with Gasteiger partial charge in [-0.3, -0.25) is 24.3 Å². The van der Waals surface area contributed by atoms with Gasteiger partial charge in [0.25, 0.3) is 0 Å². The second-order valence-corrected chi connectivity index (χ2v) is 5.09. The molecule has 120 valence electrons. The van der Waals surface area contributed by atoms with Crippen molar-refractivity contribution < 1.29 is 9.72 Å². The Morgan fingerprint density at radius 2 is 1.91 bits per heavy atom. The van der Waals surface area contributed by atoms with Gasteiger partial charge in [-0.25, -0.2) is 0 Å². The third kappa shape index (κ3) is 4.26. The Hall–Kier alpha value is -2.96. The van der Waals surface area contributed by atoms with E-state index >= 15 is 0 Å². The van der Waals surface area contributed by atoms with E-state index < -0.39 is 16.2 Å². The van der Waals surface area contributed by atoms with E-state index in [1.165, 1.54) is 6.07 Å². The van der Waals surface area contributed by atoms with Gasteiger partial charge in [0.15, 0.2) is 0 Å². The molecule has 1 amide bonds. The van der Waals surface area contributed by atoms with Gasteiger partial charge in [-0.2, -0.15) is 0 Å².